The molecule has 3 heterocycles. The molecule has 216 valence electrons. The molecule has 42 heavy (non-hydrogen) atoms. The predicted molar refractivity (Wildman–Crippen MR) is 152 cm³/mol. The maximum absolute atomic E-state index is 12.2. The minimum absolute atomic E-state index is 0.0949. The Labute approximate surface area is 240 Å². The zero-order valence-electron chi connectivity index (χ0n) is 23.0. The number of fused-ring (bicyclic) bond motifs is 1. The second-order valence-electron chi connectivity index (χ2n) is 9.92. The van der Waals surface area contributed by atoms with Crippen LogP contribution in [-0.2, 0) is 15.1 Å². The molecule has 1 saturated heterocycles. The van der Waals surface area contributed by atoms with E-state index in [4.69, 9.17) is 18.9 Å². The second-order valence-corrected chi connectivity index (χ2v) is 9.92. The van der Waals surface area contributed by atoms with E-state index in [9.17, 15) is 15.0 Å². The molecule has 1 aliphatic heterocycles. The first-order chi connectivity index (χ1) is 20.5. The maximum Gasteiger partial charge on any atom is 0.278 e. The number of nitrogens with zero attached hydrogens (tertiary/aromatic N) is 3. The molecular formula is C31H30N4O7. The molecule has 0 unspecified atom stereocenters. The Kier molecular flexibility index (Phi) is 7.48. The van der Waals surface area contributed by atoms with Gasteiger partial charge >= 0.3 is 0 Å². The Balaban J connectivity index is 1.39. The molecule has 4 atom stereocenters. The Morgan fingerprint density at radius 3 is 2.05 bits per heavy atom. The SMILES string of the molecule is COc1ccc(C(OC[C@H]2O[C@@H](n3cnc4c(=O)[nH]cnc43)[C@H](O)[C@@H]2O)(c2ccccc2)c2ccc(OC)cc2)cc1. The average Bonchev–Trinajstić information content (AvgIpc) is 3.59. The molecule has 2 aromatic heterocycles. The summed E-state index contributed by atoms with van der Waals surface area (Å²) in [5.74, 6) is 1.38. The molecule has 1 aliphatic rings. The Bertz CT molecular complexity index is 1660. The highest BCUT2D eigenvalue weighted by atomic mass is 16.6. The smallest absolute Gasteiger partial charge is 0.278 e. The maximum atomic E-state index is 12.2. The Morgan fingerprint density at radius 1 is 0.857 bits per heavy atom. The van der Waals surface area contributed by atoms with Crippen molar-refractivity contribution in [2.24, 2.45) is 0 Å². The van der Waals surface area contributed by atoms with Gasteiger partial charge in [-0.3, -0.25) is 9.36 Å². The van der Waals surface area contributed by atoms with Gasteiger partial charge < -0.3 is 34.1 Å². The third-order valence-electron chi connectivity index (χ3n) is 7.61. The summed E-state index contributed by atoms with van der Waals surface area (Å²) < 4.78 is 25.2. The van der Waals surface area contributed by atoms with Gasteiger partial charge in [-0.25, -0.2) is 9.97 Å². The third-order valence-corrected chi connectivity index (χ3v) is 7.61. The quantitative estimate of drug-likeness (QED) is 0.228. The van der Waals surface area contributed by atoms with Crippen molar-refractivity contribution >= 4 is 11.2 Å². The topological polar surface area (TPSA) is 141 Å². The summed E-state index contributed by atoms with van der Waals surface area (Å²) in [5, 5.41) is 22.1. The highest BCUT2D eigenvalue weighted by Crippen LogP contribution is 2.43. The number of rotatable bonds is 9. The zero-order chi connectivity index (χ0) is 29.3. The lowest BCUT2D eigenvalue weighted by Crippen LogP contribution is -2.39. The van der Waals surface area contributed by atoms with Gasteiger partial charge in [0, 0.05) is 0 Å². The lowest BCUT2D eigenvalue weighted by Gasteiger charge is -2.37. The van der Waals surface area contributed by atoms with Crippen LogP contribution in [0, 0.1) is 0 Å². The molecule has 0 amide bonds. The van der Waals surface area contributed by atoms with Gasteiger partial charge in [0.15, 0.2) is 17.4 Å². The van der Waals surface area contributed by atoms with E-state index in [0.717, 1.165) is 16.7 Å². The van der Waals surface area contributed by atoms with Crippen LogP contribution in [0.1, 0.15) is 22.9 Å². The van der Waals surface area contributed by atoms with Crippen molar-refractivity contribution in [3.05, 3.63) is 119 Å². The molecule has 6 rings (SSSR count). The van der Waals surface area contributed by atoms with Crippen molar-refractivity contribution in [2.45, 2.75) is 30.1 Å². The molecule has 0 spiro atoms. The van der Waals surface area contributed by atoms with Crippen molar-refractivity contribution in [2.75, 3.05) is 20.8 Å². The summed E-state index contributed by atoms with van der Waals surface area (Å²) in [4.78, 5) is 22.9. The number of imidazole rings is 1. The van der Waals surface area contributed by atoms with E-state index >= 15 is 0 Å². The zero-order valence-corrected chi connectivity index (χ0v) is 23.0. The van der Waals surface area contributed by atoms with Gasteiger partial charge in [-0.1, -0.05) is 54.6 Å². The molecule has 3 N–H and O–H groups in total. The van der Waals surface area contributed by atoms with Gasteiger partial charge in [-0.2, -0.15) is 0 Å². The first-order valence-electron chi connectivity index (χ1n) is 13.4. The van der Waals surface area contributed by atoms with Gasteiger partial charge in [0.1, 0.15) is 35.4 Å². The number of hydrogen-bond donors (Lipinski definition) is 3. The summed E-state index contributed by atoms with van der Waals surface area (Å²) in [6.45, 7) is -0.0949. The van der Waals surface area contributed by atoms with Gasteiger partial charge in [-0.05, 0) is 41.0 Å². The van der Waals surface area contributed by atoms with E-state index in [0.29, 0.717) is 11.5 Å². The van der Waals surface area contributed by atoms with Crippen molar-refractivity contribution < 1.29 is 29.2 Å². The van der Waals surface area contributed by atoms with Crippen LogP contribution in [0.2, 0.25) is 0 Å². The van der Waals surface area contributed by atoms with E-state index in [1.807, 2.05) is 78.9 Å². The van der Waals surface area contributed by atoms with Crippen molar-refractivity contribution in [1.29, 1.82) is 0 Å². The summed E-state index contributed by atoms with van der Waals surface area (Å²) in [5.41, 5.74) is 1.24. The van der Waals surface area contributed by atoms with Crippen LogP contribution in [0.3, 0.4) is 0 Å². The van der Waals surface area contributed by atoms with Crippen LogP contribution < -0.4 is 15.0 Å². The summed E-state index contributed by atoms with van der Waals surface area (Å²) in [6, 6.07) is 24.9. The molecule has 0 aliphatic carbocycles. The van der Waals surface area contributed by atoms with Gasteiger partial charge in [0.25, 0.3) is 5.56 Å². The minimum atomic E-state index is -1.33. The van der Waals surface area contributed by atoms with Crippen molar-refractivity contribution in [1.82, 2.24) is 19.5 Å². The summed E-state index contributed by atoms with van der Waals surface area (Å²) >= 11 is 0. The molecule has 0 radical (unpaired) electrons. The predicted octanol–water partition coefficient (Wildman–Crippen LogP) is 2.76. The number of nitrogens with one attached hydrogen (secondary N) is 1. The number of aliphatic hydroxyl groups is 2. The van der Waals surface area contributed by atoms with E-state index in [-0.39, 0.29) is 17.8 Å². The Hall–Kier alpha value is -4.55. The third kappa shape index (κ3) is 4.72. The van der Waals surface area contributed by atoms with E-state index in [1.54, 1.807) is 14.2 Å². The molecule has 3 aromatic carbocycles. The average molecular weight is 571 g/mol. The van der Waals surface area contributed by atoms with E-state index in [1.165, 1.54) is 17.2 Å². The van der Waals surface area contributed by atoms with Gasteiger partial charge in [0.2, 0.25) is 0 Å². The molecule has 11 nitrogen and oxygen atoms in total. The van der Waals surface area contributed by atoms with Gasteiger partial charge in [-0.15, -0.1) is 0 Å². The fraction of sp³-hybridized carbons (Fsp3) is 0.258. The monoisotopic (exact) mass is 570 g/mol. The molecule has 5 aromatic rings. The number of aromatic nitrogens is 4. The molecular weight excluding hydrogens is 540 g/mol. The molecule has 1 fully saturated rings. The summed E-state index contributed by atoms with van der Waals surface area (Å²) in [6.07, 6.45) is -1.98. The number of H-pyrrole nitrogens is 1. The fourth-order valence-electron chi connectivity index (χ4n) is 5.43. The molecule has 0 bridgehead atoms. The lowest BCUT2D eigenvalue weighted by molar-refractivity contribution is -0.0942. The van der Waals surface area contributed by atoms with E-state index in [2.05, 4.69) is 15.0 Å². The first-order valence-corrected chi connectivity index (χ1v) is 13.4. The minimum Gasteiger partial charge on any atom is -0.497 e. The number of ether oxygens (including phenoxy) is 4. The number of benzene rings is 3. The fourth-order valence-corrected chi connectivity index (χ4v) is 5.43. The van der Waals surface area contributed by atoms with Crippen LogP contribution in [0.25, 0.3) is 11.2 Å². The number of aliphatic hydroxyl groups excluding tert-OH is 2. The highest BCUT2D eigenvalue weighted by Gasteiger charge is 2.47. The number of methoxy groups -OCH3 is 2. The van der Waals surface area contributed by atoms with Crippen LogP contribution in [-0.4, -0.2) is 68.9 Å². The summed E-state index contributed by atoms with van der Waals surface area (Å²) in [7, 11) is 3.21. The van der Waals surface area contributed by atoms with Crippen LogP contribution in [0.5, 0.6) is 11.5 Å². The standard InChI is InChI=1S/C31H30N4O7/c1-39-22-12-8-20(9-13-22)31(19-6-4-3-5-7-19,21-10-14-23(40-2)15-11-21)41-16-24-26(36)27(37)30(42-24)35-18-34-25-28(35)32-17-33-29(25)38/h3-15,17-18,24,26-27,30,36-37H,16H2,1-2H3,(H,32,33,38)/t24-,26-,27-,30-/m1/s1. The van der Waals surface area contributed by atoms with Crippen molar-refractivity contribution in [3.63, 3.8) is 0 Å². The van der Waals surface area contributed by atoms with Gasteiger partial charge in [0.05, 0.1) is 33.5 Å². The molecule has 0 saturated carbocycles. The van der Waals surface area contributed by atoms with Crippen LogP contribution in [0.4, 0.5) is 0 Å². The normalized spacial score (nSPS) is 20.6. The Morgan fingerprint density at radius 2 is 1.45 bits per heavy atom. The largest absolute Gasteiger partial charge is 0.497 e. The van der Waals surface area contributed by atoms with Crippen LogP contribution in [0.15, 0.2) is 96.3 Å². The van der Waals surface area contributed by atoms with Crippen LogP contribution >= 0.6 is 0 Å². The first kappa shape index (κ1) is 27.6. The number of aromatic amines is 1. The second kappa shape index (κ2) is 11.4. The van der Waals surface area contributed by atoms with Crippen molar-refractivity contribution in [3.8, 4) is 11.5 Å². The highest BCUT2D eigenvalue weighted by molar-refractivity contribution is 5.68. The van der Waals surface area contributed by atoms with E-state index < -0.39 is 35.7 Å². The number of hydrogen-bond acceptors (Lipinski definition) is 9. The molecule has 11 heteroatoms. The lowest BCUT2D eigenvalue weighted by atomic mass is 9.80.